The minimum absolute atomic E-state index is 0.174. The van der Waals surface area contributed by atoms with E-state index in [0.717, 1.165) is 12.8 Å². The zero-order chi connectivity index (χ0) is 12.2. The van der Waals surface area contributed by atoms with Gasteiger partial charge < -0.3 is 10.2 Å². The number of carboxylic acids is 2. The van der Waals surface area contributed by atoms with Crippen LogP contribution in [-0.2, 0) is 9.59 Å². The molecule has 1 aliphatic rings. The van der Waals surface area contributed by atoms with E-state index in [4.69, 9.17) is 5.11 Å². The van der Waals surface area contributed by atoms with E-state index in [1.165, 1.54) is 18.2 Å². The number of carbonyl (C=O) groups is 2. The molecule has 0 aliphatic heterocycles. The van der Waals surface area contributed by atoms with Gasteiger partial charge in [0.1, 0.15) is 0 Å². The van der Waals surface area contributed by atoms with Crippen molar-refractivity contribution >= 4 is 11.9 Å². The largest absolute Gasteiger partial charge is 0.481 e. The first-order chi connectivity index (χ1) is 7.52. The van der Waals surface area contributed by atoms with Gasteiger partial charge in [0.15, 0.2) is 0 Å². The third-order valence-electron chi connectivity index (χ3n) is 2.92. The van der Waals surface area contributed by atoms with Crippen molar-refractivity contribution in [2.75, 3.05) is 0 Å². The first-order valence-electron chi connectivity index (χ1n) is 5.38. The van der Waals surface area contributed by atoms with Crippen molar-refractivity contribution in [2.24, 2.45) is 5.41 Å². The Kier molecular flexibility index (Phi) is 3.88. The third kappa shape index (κ3) is 2.51. The van der Waals surface area contributed by atoms with Gasteiger partial charge in [-0.3, -0.25) is 4.79 Å². The molecule has 1 aliphatic carbocycles. The molecule has 0 aromatic rings. The van der Waals surface area contributed by atoms with Crippen molar-refractivity contribution in [3.05, 3.63) is 23.8 Å². The molecule has 0 radical (unpaired) electrons. The summed E-state index contributed by atoms with van der Waals surface area (Å²) < 4.78 is 0. The molecule has 0 amide bonds. The molecule has 0 fully saturated rings. The van der Waals surface area contributed by atoms with Gasteiger partial charge in [-0.25, -0.2) is 4.79 Å². The summed E-state index contributed by atoms with van der Waals surface area (Å²) in [4.78, 5) is 21.9. The van der Waals surface area contributed by atoms with Gasteiger partial charge in [0.05, 0.1) is 11.0 Å². The van der Waals surface area contributed by atoms with Crippen LogP contribution >= 0.6 is 0 Å². The highest BCUT2D eigenvalue weighted by molar-refractivity contribution is 5.91. The van der Waals surface area contributed by atoms with Crippen LogP contribution in [0, 0.1) is 5.41 Å². The van der Waals surface area contributed by atoms with Crippen LogP contribution in [0.25, 0.3) is 0 Å². The normalized spacial score (nSPS) is 23.9. The lowest BCUT2D eigenvalue weighted by atomic mass is 9.76. The molecule has 1 unspecified atom stereocenters. The zero-order valence-electron chi connectivity index (χ0n) is 9.27. The molecule has 16 heavy (non-hydrogen) atoms. The van der Waals surface area contributed by atoms with Gasteiger partial charge in [0.25, 0.3) is 0 Å². The highest BCUT2D eigenvalue weighted by Gasteiger charge is 2.36. The van der Waals surface area contributed by atoms with Gasteiger partial charge in [0.2, 0.25) is 0 Å². The fourth-order valence-corrected chi connectivity index (χ4v) is 1.78. The number of carboxylic acid groups (broad SMARTS) is 2. The molecule has 0 saturated carbocycles. The van der Waals surface area contributed by atoms with E-state index in [2.05, 4.69) is 0 Å². The van der Waals surface area contributed by atoms with Crippen molar-refractivity contribution in [1.29, 1.82) is 0 Å². The monoisotopic (exact) mass is 224 g/mol. The maximum Gasteiger partial charge on any atom is 0.335 e. The summed E-state index contributed by atoms with van der Waals surface area (Å²) >= 11 is 0. The van der Waals surface area contributed by atoms with Crippen LogP contribution in [0.2, 0.25) is 0 Å². The summed E-state index contributed by atoms with van der Waals surface area (Å²) in [6, 6.07) is 0. The smallest absolute Gasteiger partial charge is 0.335 e. The van der Waals surface area contributed by atoms with E-state index in [0.29, 0.717) is 6.42 Å². The summed E-state index contributed by atoms with van der Waals surface area (Å²) in [5.74, 6) is -1.89. The first-order valence-corrected chi connectivity index (χ1v) is 5.38. The summed E-state index contributed by atoms with van der Waals surface area (Å²) in [7, 11) is 0. The minimum atomic E-state index is -1.01. The number of aliphatic carboxylic acids is 2. The molecule has 4 nitrogen and oxygen atoms in total. The molecule has 4 heteroatoms. The summed E-state index contributed by atoms with van der Waals surface area (Å²) in [6.07, 6.45) is 6.99. The second-order valence-corrected chi connectivity index (χ2v) is 4.07. The maximum atomic E-state index is 11.2. The molecule has 0 saturated heterocycles. The zero-order valence-corrected chi connectivity index (χ0v) is 9.27. The van der Waals surface area contributed by atoms with Crippen LogP contribution in [0.15, 0.2) is 23.8 Å². The quantitative estimate of drug-likeness (QED) is 0.750. The van der Waals surface area contributed by atoms with Gasteiger partial charge in [-0.1, -0.05) is 38.0 Å². The van der Waals surface area contributed by atoms with Crippen LogP contribution in [-0.4, -0.2) is 22.2 Å². The maximum absolute atomic E-state index is 11.2. The second-order valence-electron chi connectivity index (χ2n) is 4.07. The van der Waals surface area contributed by atoms with Crippen molar-refractivity contribution in [1.82, 2.24) is 0 Å². The van der Waals surface area contributed by atoms with E-state index >= 15 is 0 Å². The highest BCUT2D eigenvalue weighted by atomic mass is 16.4. The Labute approximate surface area is 94.3 Å². The van der Waals surface area contributed by atoms with E-state index in [9.17, 15) is 14.7 Å². The predicted octanol–water partition coefficient (Wildman–Crippen LogP) is 2.22. The summed E-state index contributed by atoms with van der Waals surface area (Å²) in [6.45, 7) is 2.00. The lowest BCUT2D eigenvalue weighted by Gasteiger charge is -2.27. The van der Waals surface area contributed by atoms with Crippen molar-refractivity contribution in [3.63, 3.8) is 0 Å². The van der Waals surface area contributed by atoms with Crippen LogP contribution in [0.3, 0.4) is 0 Å². The molecule has 0 bridgehead atoms. The molecule has 1 atom stereocenters. The molecule has 88 valence electrons. The standard InChI is InChI=1S/C12H16O4/c1-2-3-6-12(11(15)16)7-4-9(5-8-12)10(13)14/h4-5,7H,2-3,6,8H2,1H3,(H,13,14)(H,15,16). The fourth-order valence-electron chi connectivity index (χ4n) is 1.78. The van der Waals surface area contributed by atoms with Crippen molar-refractivity contribution in [2.45, 2.75) is 32.6 Å². The molecular weight excluding hydrogens is 208 g/mol. The Balaban J connectivity index is 2.83. The van der Waals surface area contributed by atoms with Gasteiger partial charge >= 0.3 is 11.9 Å². The summed E-state index contributed by atoms with van der Waals surface area (Å²) in [5, 5.41) is 18.0. The van der Waals surface area contributed by atoms with E-state index in [-0.39, 0.29) is 12.0 Å². The van der Waals surface area contributed by atoms with E-state index in [1.54, 1.807) is 0 Å². The molecule has 1 rings (SSSR count). The Bertz CT molecular complexity index is 354. The number of unbranched alkanes of at least 4 members (excludes halogenated alkanes) is 1. The third-order valence-corrected chi connectivity index (χ3v) is 2.92. The van der Waals surface area contributed by atoms with Crippen LogP contribution in [0.1, 0.15) is 32.6 Å². The van der Waals surface area contributed by atoms with E-state index < -0.39 is 17.4 Å². The molecule has 0 aromatic heterocycles. The van der Waals surface area contributed by atoms with Crippen LogP contribution in [0.4, 0.5) is 0 Å². The van der Waals surface area contributed by atoms with Crippen LogP contribution < -0.4 is 0 Å². The molecular formula is C12H16O4. The Morgan fingerprint density at radius 2 is 2.12 bits per heavy atom. The average Bonchev–Trinajstić information content (AvgIpc) is 2.26. The second kappa shape index (κ2) is 4.96. The SMILES string of the molecule is CCCCC1(C(=O)O)C=CC(C(=O)O)=CC1. The number of rotatable bonds is 5. The molecule has 2 N–H and O–H groups in total. The minimum Gasteiger partial charge on any atom is -0.481 e. The number of hydrogen-bond donors (Lipinski definition) is 2. The lowest BCUT2D eigenvalue weighted by Crippen LogP contribution is -2.30. The molecule has 0 heterocycles. The predicted molar refractivity (Wildman–Crippen MR) is 59.1 cm³/mol. The van der Waals surface area contributed by atoms with Gasteiger partial charge in [0, 0.05) is 0 Å². The Morgan fingerprint density at radius 3 is 2.50 bits per heavy atom. The summed E-state index contributed by atoms with van der Waals surface area (Å²) in [5.41, 5.74) is -0.733. The average molecular weight is 224 g/mol. The first kappa shape index (κ1) is 12.5. The van der Waals surface area contributed by atoms with Gasteiger partial charge in [-0.05, 0) is 12.8 Å². The Morgan fingerprint density at radius 1 is 1.44 bits per heavy atom. The van der Waals surface area contributed by atoms with Gasteiger partial charge in [-0.15, -0.1) is 0 Å². The Hall–Kier alpha value is -1.58. The molecule has 0 spiro atoms. The number of hydrogen-bond acceptors (Lipinski definition) is 2. The topological polar surface area (TPSA) is 74.6 Å². The van der Waals surface area contributed by atoms with Crippen molar-refractivity contribution < 1.29 is 19.8 Å². The van der Waals surface area contributed by atoms with Gasteiger partial charge in [-0.2, -0.15) is 0 Å². The van der Waals surface area contributed by atoms with Crippen molar-refractivity contribution in [3.8, 4) is 0 Å². The van der Waals surface area contributed by atoms with Crippen LogP contribution in [0.5, 0.6) is 0 Å². The number of allylic oxidation sites excluding steroid dienone is 1. The fraction of sp³-hybridized carbons (Fsp3) is 0.500. The van der Waals surface area contributed by atoms with E-state index in [1.807, 2.05) is 6.92 Å². The lowest BCUT2D eigenvalue weighted by molar-refractivity contribution is -0.146. The highest BCUT2D eigenvalue weighted by Crippen LogP contribution is 2.35. The molecule has 0 aromatic carbocycles.